The molecule has 0 unspecified atom stereocenters. The zero-order valence-corrected chi connectivity index (χ0v) is 9.73. The first kappa shape index (κ1) is 11.6. The molecule has 0 bridgehead atoms. The van der Waals surface area contributed by atoms with Crippen molar-refractivity contribution >= 4 is 18.0 Å². The van der Waals surface area contributed by atoms with Crippen molar-refractivity contribution in [1.29, 1.82) is 0 Å². The Kier molecular flexibility index (Phi) is 4.52. The molecule has 0 aliphatic heterocycles. The van der Waals surface area contributed by atoms with Crippen molar-refractivity contribution in [2.24, 2.45) is 5.41 Å². The number of carbonyl (C=O) groups is 1. The van der Waals surface area contributed by atoms with Gasteiger partial charge in [-0.2, -0.15) is 0 Å². The molecule has 80 valence electrons. The molecule has 0 spiro atoms. The fourth-order valence-electron chi connectivity index (χ4n) is 1.27. The molecule has 1 rings (SSSR count). The molecule has 0 aromatic heterocycles. The van der Waals surface area contributed by atoms with Gasteiger partial charge in [0.15, 0.2) is 0 Å². The molecular weight excluding hydrogens is 196 g/mol. The molecule has 0 atom stereocenters. The summed E-state index contributed by atoms with van der Waals surface area (Å²) in [6.07, 6.45) is 8.05. The molecule has 0 radical (unpaired) electrons. The van der Waals surface area contributed by atoms with Gasteiger partial charge in [-0.1, -0.05) is 25.5 Å². The van der Waals surface area contributed by atoms with Crippen LogP contribution in [0.3, 0.4) is 0 Å². The van der Waals surface area contributed by atoms with Gasteiger partial charge in [0.2, 0.25) is 0 Å². The zero-order valence-electron chi connectivity index (χ0n) is 8.91. The molecular formula is C11H18O2S. The van der Waals surface area contributed by atoms with Crippen LogP contribution in [0, 0.1) is 5.41 Å². The third-order valence-electron chi connectivity index (χ3n) is 2.40. The van der Waals surface area contributed by atoms with Crippen molar-refractivity contribution in [2.75, 3.05) is 5.75 Å². The van der Waals surface area contributed by atoms with Gasteiger partial charge < -0.3 is 4.18 Å². The van der Waals surface area contributed by atoms with Gasteiger partial charge in [-0.25, -0.2) is 0 Å². The fraction of sp³-hybridized carbons (Fsp3) is 0.727. The number of unbranched alkanes of at least 4 members (excludes halogenated alkanes) is 1. The first-order valence-corrected chi connectivity index (χ1v) is 6.14. The second-order valence-electron chi connectivity index (χ2n) is 3.70. The van der Waals surface area contributed by atoms with Gasteiger partial charge >= 0.3 is 5.97 Å². The second-order valence-corrected chi connectivity index (χ2v) is 4.51. The molecule has 3 heteroatoms. The van der Waals surface area contributed by atoms with Crippen LogP contribution in [-0.2, 0) is 8.98 Å². The van der Waals surface area contributed by atoms with Gasteiger partial charge in [-0.15, -0.1) is 0 Å². The summed E-state index contributed by atoms with van der Waals surface area (Å²) in [6.45, 7) is 4.07. The van der Waals surface area contributed by atoms with Crippen LogP contribution in [0.2, 0.25) is 0 Å². The molecule has 0 N–H and O–H groups in total. The molecule has 0 amide bonds. The Hall–Kier alpha value is -0.440. The van der Waals surface area contributed by atoms with E-state index < -0.39 is 0 Å². The molecule has 1 saturated carbocycles. The molecule has 1 aliphatic carbocycles. The number of rotatable bonds is 6. The van der Waals surface area contributed by atoms with Crippen molar-refractivity contribution in [2.45, 2.75) is 39.5 Å². The maximum Gasteiger partial charge on any atom is 0.327 e. The average molecular weight is 214 g/mol. The topological polar surface area (TPSA) is 26.3 Å². The maximum absolute atomic E-state index is 11.6. The van der Waals surface area contributed by atoms with Gasteiger partial charge in [0.05, 0.1) is 17.5 Å². The summed E-state index contributed by atoms with van der Waals surface area (Å²) in [6, 6.07) is 0. The summed E-state index contributed by atoms with van der Waals surface area (Å²) in [5.74, 6) is 0.852. The molecule has 1 fully saturated rings. The van der Waals surface area contributed by atoms with E-state index in [0.29, 0.717) is 0 Å². The van der Waals surface area contributed by atoms with Crippen LogP contribution in [0.15, 0.2) is 12.2 Å². The Morgan fingerprint density at radius 2 is 2.29 bits per heavy atom. The van der Waals surface area contributed by atoms with Crippen LogP contribution < -0.4 is 0 Å². The number of carbonyl (C=O) groups excluding carboxylic acids is 1. The monoisotopic (exact) mass is 214 g/mol. The smallest absolute Gasteiger partial charge is 0.327 e. The largest absolute Gasteiger partial charge is 0.391 e. The summed E-state index contributed by atoms with van der Waals surface area (Å²) in [5, 5.41) is 0. The van der Waals surface area contributed by atoms with E-state index in [0.717, 1.165) is 31.4 Å². The molecule has 0 aromatic rings. The van der Waals surface area contributed by atoms with Gasteiger partial charge in [0.25, 0.3) is 0 Å². The van der Waals surface area contributed by atoms with Crippen LogP contribution in [0.25, 0.3) is 0 Å². The van der Waals surface area contributed by atoms with Crippen LogP contribution in [-0.4, -0.2) is 11.7 Å². The minimum atomic E-state index is -0.256. The standard InChI is InChI=1S/C11H18O2S/c1-3-5-9-14-13-10(12)11(6-4-2)7-8-11/h4,6H,3,5,7-9H2,1-2H3. The highest BCUT2D eigenvalue weighted by Gasteiger charge is 2.49. The Balaban J connectivity index is 2.22. The van der Waals surface area contributed by atoms with Gasteiger partial charge in [-0.05, 0) is 26.2 Å². The highest BCUT2D eigenvalue weighted by Crippen LogP contribution is 2.48. The van der Waals surface area contributed by atoms with E-state index in [1.807, 2.05) is 19.1 Å². The molecule has 0 saturated heterocycles. The highest BCUT2D eigenvalue weighted by molar-refractivity contribution is 7.95. The lowest BCUT2D eigenvalue weighted by Gasteiger charge is -2.07. The average Bonchev–Trinajstić information content (AvgIpc) is 2.94. The van der Waals surface area contributed by atoms with E-state index in [4.69, 9.17) is 4.18 Å². The second kappa shape index (κ2) is 5.44. The van der Waals surface area contributed by atoms with Crippen LogP contribution in [0.4, 0.5) is 0 Å². The maximum atomic E-state index is 11.6. The van der Waals surface area contributed by atoms with Gasteiger partial charge in [0, 0.05) is 5.75 Å². The highest BCUT2D eigenvalue weighted by atomic mass is 32.2. The molecule has 0 heterocycles. The number of allylic oxidation sites excluding steroid dienone is 1. The predicted octanol–water partition coefficient (Wildman–Crippen LogP) is 3.33. The Morgan fingerprint density at radius 3 is 2.79 bits per heavy atom. The van der Waals surface area contributed by atoms with E-state index in [-0.39, 0.29) is 11.4 Å². The first-order chi connectivity index (χ1) is 6.75. The van der Waals surface area contributed by atoms with Gasteiger partial charge in [0.1, 0.15) is 0 Å². The van der Waals surface area contributed by atoms with Crippen molar-refractivity contribution in [3.05, 3.63) is 12.2 Å². The van der Waals surface area contributed by atoms with Crippen molar-refractivity contribution in [3.63, 3.8) is 0 Å². The van der Waals surface area contributed by atoms with Crippen LogP contribution >= 0.6 is 12.0 Å². The summed E-state index contributed by atoms with van der Waals surface area (Å²) in [7, 11) is 0. The van der Waals surface area contributed by atoms with Crippen molar-refractivity contribution in [3.8, 4) is 0 Å². The van der Waals surface area contributed by atoms with Crippen molar-refractivity contribution in [1.82, 2.24) is 0 Å². The molecule has 0 aromatic carbocycles. The minimum absolute atomic E-state index is 0.0586. The quantitative estimate of drug-likeness (QED) is 0.385. The lowest BCUT2D eigenvalue weighted by Crippen LogP contribution is -2.13. The van der Waals surface area contributed by atoms with Crippen molar-refractivity contribution < 1.29 is 8.98 Å². The SMILES string of the molecule is CC=CC1(C(=O)OSCCCC)CC1. The normalized spacial score (nSPS) is 18.4. The van der Waals surface area contributed by atoms with E-state index in [9.17, 15) is 4.79 Å². The molecule has 2 nitrogen and oxygen atoms in total. The lowest BCUT2D eigenvalue weighted by molar-refractivity contribution is -0.137. The predicted molar refractivity (Wildman–Crippen MR) is 59.9 cm³/mol. The van der Waals surface area contributed by atoms with Gasteiger partial charge in [-0.3, -0.25) is 4.79 Å². The fourth-order valence-corrected chi connectivity index (χ4v) is 2.04. The molecule has 1 aliphatic rings. The summed E-state index contributed by atoms with van der Waals surface area (Å²) >= 11 is 1.30. The molecule has 14 heavy (non-hydrogen) atoms. The third kappa shape index (κ3) is 3.05. The van der Waals surface area contributed by atoms with Crippen LogP contribution in [0.5, 0.6) is 0 Å². The summed E-state index contributed by atoms with van der Waals surface area (Å²) < 4.78 is 5.15. The van der Waals surface area contributed by atoms with E-state index in [1.54, 1.807) is 0 Å². The lowest BCUT2D eigenvalue weighted by atomic mass is 10.1. The van der Waals surface area contributed by atoms with Crippen LogP contribution in [0.1, 0.15) is 39.5 Å². The van der Waals surface area contributed by atoms with E-state index in [2.05, 4.69) is 6.92 Å². The summed E-state index contributed by atoms with van der Waals surface area (Å²) in [4.78, 5) is 11.6. The zero-order chi connectivity index (χ0) is 10.4. The third-order valence-corrected chi connectivity index (χ3v) is 3.12. The number of hydrogen-bond acceptors (Lipinski definition) is 3. The minimum Gasteiger partial charge on any atom is -0.391 e. The Morgan fingerprint density at radius 1 is 1.57 bits per heavy atom. The van der Waals surface area contributed by atoms with E-state index in [1.165, 1.54) is 12.0 Å². The first-order valence-electron chi connectivity index (χ1n) is 5.23. The number of hydrogen-bond donors (Lipinski definition) is 0. The Bertz CT molecular complexity index is 219. The van der Waals surface area contributed by atoms with E-state index >= 15 is 0 Å². The summed E-state index contributed by atoms with van der Waals surface area (Å²) in [5.41, 5.74) is -0.256. The Labute approximate surface area is 90.3 Å².